The SMILES string of the molecule is CCN(C(=S)Nc1ccc(N(C)C)cc1)C(C)Cc1ccc(OC)cc1. The number of nitrogens with one attached hydrogen (secondary N) is 1. The fraction of sp³-hybridized carbons (Fsp3) is 0.381. The molecule has 5 heteroatoms. The van der Waals surface area contributed by atoms with Crippen molar-refractivity contribution in [2.24, 2.45) is 0 Å². The first-order valence-electron chi connectivity index (χ1n) is 8.92. The van der Waals surface area contributed by atoms with Crippen LogP contribution < -0.4 is 15.0 Å². The number of hydrogen-bond donors (Lipinski definition) is 1. The van der Waals surface area contributed by atoms with Crippen LogP contribution in [0.1, 0.15) is 19.4 Å². The summed E-state index contributed by atoms with van der Waals surface area (Å²) < 4.78 is 5.23. The number of thiocarbonyl (C=S) groups is 1. The number of hydrogen-bond acceptors (Lipinski definition) is 3. The Balaban J connectivity index is 1.99. The fourth-order valence-corrected chi connectivity index (χ4v) is 3.33. The number of likely N-dealkylation sites (N-methyl/N-ethyl adjacent to an activating group) is 1. The van der Waals surface area contributed by atoms with Crippen molar-refractivity contribution in [3.63, 3.8) is 0 Å². The third-order valence-electron chi connectivity index (χ3n) is 4.46. The Morgan fingerprint density at radius 1 is 1.08 bits per heavy atom. The first-order chi connectivity index (χ1) is 12.4. The highest BCUT2D eigenvalue weighted by Gasteiger charge is 2.16. The Morgan fingerprint density at radius 2 is 1.69 bits per heavy atom. The van der Waals surface area contributed by atoms with Gasteiger partial charge in [0.1, 0.15) is 5.75 Å². The van der Waals surface area contributed by atoms with E-state index in [0.29, 0.717) is 6.04 Å². The molecule has 1 atom stereocenters. The molecule has 0 aliphatic carbocycles. The van der Waals surface area contributed by atoms with E-state index in [9.17, 15) is 0 Å². The molecule has 2 aromatic rings. The minimum Gasteiger partial charge on any atom is -0.497 e. The molecule has 0 radical (unpaired) electrons. The van der Waals surface area contributed by atoms with E-state index in [0.717, 1.165) is 29.5 Å². The summed E-state index contributed by atoms with van der Waals surface area (Å²) in [5.74, 6) is 0.882. The van der Waals surface area contributed by atoms with Gasteiger partial charge in [0.2, 0.25) is 0 Å². The van der Waals surface area contributed by atoms with E-state index in [1.807, 2.05) is 26.2 Å². The molecule has 140 valence electrons. The maximum atomic E-state index is 5.66. The molecule has 4 nitrogen and oxygen atoms in total. The second kappa shape index (κ2) is 9.43. The molecule has 1 N–H and O–H groups in total. The summed E-state index contributed by atoms with van der Waals surface area (Å²) in [7, 11) is 5.76. The molecule has 2 aromatic carbocycles. The lowest BCUT2D eigenvalue weighted by Gasteiger charge is -2.31. The van der Waals surface area contributed by atoms with Crippen molar-refractivity contribution in [1.29, 1.82) is 0 Å². The summed E-state index contributed by atoms with van der Waals surface area (Å²) in [5, 5.41) is 4.12. The topological polar surface area (TPSA) is 27.7 Å². The van der Waals surface area contributed by atoms with Gasteiger partial charge >= 0.3 is 0 Å². The molecular formula is C21H29N3OS. The number of nitrogens with zero attached hydrogens (tertiary/aromatic N) is 2. The second-order valence-electron chi connectivity index (χ2n) is 6.56. The third kappa shape index (κ3) is 5.36. The summed E-state index contributed by atoms with van der Waals surface area (Å²) in [5.41, 5.74) is 3.45. The van der Waals surface area contributed by atoms with Crippen LogP contribution in [0, 0.1) is 0 Å². The normalized spacial score (nSPS) is 11.6. The Labute approximate surface area is 162 Å². The molecule has 2 rings (SSSR count). The Hall–Kier alpha value is -2.27. The standard InChI is InChI=1S/C21H29N3OS/c1-6-24(16(2)15-17-7-13-20(25-5)14-8-17)21(26)22-18-9-11-19(12-10-18)23(3)4/h7-14,16H,6,15H2,1-5H3,(H,22,26). The summed E-state index contributed by atoms with van der Waals surface area (Å²) in [6, 6.07) is 16.8. The summed E-state index contributed by atoms with van der Waals surface area (Å²) in [4.78, 5) is 4.30. The van der Waals surface area contributed by atoms with Crippen molar-refractivity contribution >= 4 is 28.7 Å². The van der Waals surface area contributed by atoms with Gasteiger partial charge in [0.05, 0.1) is 7.11 Å². The second-order valence-corrected chi connectivity index (χ2v) is 6.95. The Kier molecular flexibility index (Phi) is 7.27. The summed E-state index contributed by atoms with van der Waals surface area (Å²) in [6.45, 7) is 5.20. The summed E-state index contributed by atoms with van der Waals surface area (Å²) >= 11 is 5.66. The number of benzene rings is 2. The summed E-state index contributed by atoms with van der Waals surface area (Å²) in [6.07, 6.45) is 0.930. The van der Waals surface area contributed by atoms with Gasteiger partial charge in [0.15, 0.2) is 5.11 Å². The predicted molar refractivity (Wildman–Crippen MR) is 116 cm³/mol. The van der Waals surface area contributed by atoms with Crippen molar-refractivity contribution in [3.8, 4) is 5.75 Å². The van der Waals surface area contributed by atoms with Crippen molar-refractivity contribution < 1.29 is 4.74 Å². The van der Waals surface area contributed by atoms with Crippen molar-refractivity contribution in [2.45, 2.75) is 26.3 Å². The maximum absolute atomic E-state index is 5.66. The minimum atomic E-state index is 0.300. The van der Waals surface area contributed by atoms with Crippen LogP contribution >= 0.6 is 12.2 Å². The number of anilines is 2. The van der Waals surface area contributed by atoms with Gasteiger partial charge in [-0.15, -0.1) is 0 Å². The minimum absolute atomic E-state index is 0.300. The van der Waals surface area contributed by atoms with Gasteiger partial charge in [-0.05, 0) is 74.4 Å². The molecule has 0 aromatic heterocycles. The highest BCUT2D eigenvalue weighted by Crippen LogP contribution is 2.18. The molecular weight excluding hydrogens is 342 g/mol. The van der Waals surface area contributed by atoms with Gasteiger partial charge < -0.3 is 19.9 Å². The highest BCUT2D eigenvalue weighted by molar-refractivity contribution is 7.80. The lowest BCUT2D eigenvalue weighted by Crippen LogP contribution is -2.42. The van der Waals surface area contributed by atoms with Gasteiger partial charge in [-0.1, -0.05) is 12.1 Å². The van der Waals surface area contributed by atoms with E-state index in [2.05, 4.69) is 65.4 Å². The van der Waals surface area contributed by atoms with Gasteiger partial charge in [-0.2, -0.15) is 0 Å². The average Bonchev–Trinajstić information content (AvgIpc) is 2.63. The van der Waals surface area contributed by atoms with Crippen molar-refractivity contribution in [1.82, 2.24) is 4.90 Å². The number of rotatable bonds is 7. The zero-order valence-corrected chi connectivity index (χ0v) is 17.1. The fourth-order valence-electron chi connectivity index (χ4n) is 2.91. The number of ether oxygens (including phenoxy) is 1. The van der Waals surface area contributed by atoms with Crippen LogP contribution in [-0.2, 0) is 6.42 Å². The van der Waals surface area contributed by atoms with Gasteiger partial charge in [-0.25, -0.2) is 0 Å². The van der Waals surface area contributed by atoms with Crippen LogP contribution in [0.4, 0.5) is 11.4 Å². The quantitative estimate of drug-likeness (QED) is 0.728. The molecule has 0 saturated carbocycles. The largest absolute Gasteiger partial charge is 0.497 e. The molecule has 0 spiro atoms. The monoisotopic (exact) mass is 371 g/mol. The van der Waals surface area contributed by atoms with Crippen LogP contribution in [0.2, 0.25) is 0 Å². The van der Waals surface area contributed by atoms with Gasteiger partial charge in [0, 0.05) is 38.1 Å². The lowest BCUT2D eigenvalue weighted by atomic mass is 10.1. The van der Waals surface area contributed by atoms with Crippen molar-refractivity contribution in [2.75, 3.05) is 38.0 Å². The molecule has 0 fully saturated rings. The number of methoxy groups -OCH3 is 1. The van der Waals surface area contributed by atoms with Crippen LogP contribution in [0.25, 0.3) is 0 Å². The first kappa shape index (κ1) is 20.0. The van der Waals surface area contributed by atoms with E-state index in [1.54, 1.807) is 7.11 Å². The predicted octanol–water partition coefficient (Wildman–Crippen LogP) is 4.41. The lowest BCUT2D eigenvalue weighted by molar-refractivity contribution is 0.347. The highest BCUT2D eigenvalue weighted by atomic mass is 32.1. The zero-order valence-electron chi connectivity index (χ0n) is 16.3. The average molecular weight is 372 g/mol. The third-order valence-corrected chi connectivity index (χ3v) is 4.80. The molecule has 0 aliphatic rings. The zero-order chi connectivity index (χ0) is 19.1. The van der Waals surface area contributed by atoms with E-state index in [1.165, 1.54) is 11.3 Å². The van der Waals surface area contributed by atoms with Crippen LogP contribution in [-0.4, -0.2) is 43.8 Å². The molecule has 1 unspecified atom stereocenters. The first-order valence-corrected chi connectivity index (χ1v) is 9.33. The smallest absolute Gasteiger partial charge is 0.173 e. The van der Waals surface area contributed by atoms with E-state index >= 15 is 0 Å². The van der Waals surface area contributed by atoms with Crippen LogP contribution in [0.5, 0.6) is 5.75 Å². The molecule has 0 saturated heterocycles. The van der Waals surface area contributed by atoms with E-state index < -0.39 is 0 Å². The van der Waals surface area contributed by atoms with E-state index in [-0.39, 0.29) is 0 Å². The Bertz CT molecular complexity index is 698. The van der Waals surface area contributed by atoms with Gasteiger partial charge in [-0.3, -0.25) is 0 Å². The molecule has 0 aliphatic heterocycles. The van der Waals surface area contributed by atoms with Crippen molar-refractivity contribution in [3.05, 3.63) is 54.1 Å². The van der Waals surface area contributed by atoms with Crippen LogP contribution in [0.3, 0.4) is 0 Å². The molecule has 26 heavy (non-hydrogen) atoms. The maximum Gasteiger partial charge on any atom is 0.173 e. The Morgan fingerprint density at radius 3 is 2.19 bits per heavy atom. The van der Waals surface area contributed by atoms with Gasteiger partial charge in [0.25, 0.3) is 0 Å². The van der Waals surface area contributed by atoms with Crippen LogP contribution in [0.15, 0.2) is 48.5 Å². The molecule has 0 bridgehead atoms. The molecule has 0 heterocycles. The van der Waals surface area contributed by atoms with E-state index in [4.69, 9.17) is 17.0 Å². The molecule has 0 amide bonds.